The van der Waals surface area contributed by atoms with E-state index in [2.05, 4.69) is 15.4 Å². The van der Waals surface area contributed by atoms with Gasteiger partial charge in [-0.25, -0.2) is 9.50 Å². The van der Waals surface area contributed by atoms with Crippen LogP contribution >= 0.6 is 0 Å². The van der Waals surface area contributed by atoms with Crippen molar-refractivity contribution in [3.8, 4) is 23.1 Å². The second kappa shape index (κ2) is 9.75. The van der Waals surface area contributed by atoms with Gasteiger partial charge >= 0.3 is 0 Å². The Morgan fingerprint density at radius 3 is 2.56 bits per heavy atom. The first-order valence-corrected chi connectivity index (χ1v) is 11.6. The molecule has 1 amide bonds. The van der Waals surface area contributed by atoms with E-state index in [0.29, 0.717) is 23.7 Å². The zero-order valence-corrected chi connectivity index (χ0v) is 18.8. The second-order valence-corrected chi connectivity index (χ2v) is 8.55. The molecule has 1 saturated carbocycles. The Balaban J connectivity index is 1.49. The first-order valence-electron chi connectivity index (χ1n) is 11.6. The van der Waals surface area contributed by atoms with Gasteiger partial charge in [-0.05, 0) is 36.1 Å². The molecule has 34 heavy (non-hydrogen) atoms. The van der Waals surface area contributed by atoms with E-state index in [0.717, 1.165) is 41.0 Å². The Kier molecular flexibility index (Phi) is 6.21. The number of aromatic nitrogens is 3. The van der Waals surface area contributed by atoms with Crippen molar-refractivity contribution < 1.29 is 9.53 Å². The number of hydrogen-bond donors (Lipinski definition) is 1. The van der Waals surface area contributed by atoms with Gasteiger partial charge < -0.3 is 4.74 Å². The zero-order chi connectivity index (χ0) is 23.3. The van der Waals surface area contributed by atoms with Crippen molar-refractivity contribution in [1.82, 2.24) is 19.9 Å². The number of fused-ring (bicyclic) bond motifs is 1. The summed E-state index contributed by atoms with van der Waals surface area (Å²) >= 11 is 0. The molecule has 0 bridgehead atoms. The minimum atomic E-state index is -0.493. The molecule has 1 fully saturated rings. The van der Waals surface area contributed by atoms with Gasteiger partial charge in [0.15, 0.2) is 11.8 Å². The van der Waals surface area contributed by atoms with Crippen molar-refractivity contribution in [3.05, 3.63) is 83.8 Å². The first kappa shape index (κ1) is 21.7. The fraction of sp³-hybridized carbons (Fsp3) is 0.259. The summed E-state index contributed by atoms with van der Waals surface area (Å²) in [6.07, 6.45) is 10.7. The molecule has 2 heterocycles. The van der Waals surface area contributed by atoms with E-state index in [1.165, 1.54) is 25.5 Å². The third kappa shape index (κ3) is 4.35. The van der Waals surface area contributed by atoms with Crippen LogP contribution in [0.5, 0.6) is 5.75 Å². The summed E-state index contributed by atoms with van der Waals surface area (Å²) in [7, 11) is 0. The van der Waals surface area contributed by atoms with Crippen LogP contribution in [0, 0.1) is 11.5 Å². The van der Waals surface area contributed by atoms with Crippen molar-refractivity contribution in [1.29, 1.82) is 5.26 Å². The van der Waals surface area contributed by atoms with Crippen LogP contribution in [0.3, 0.4) is 0 Å². The number of nitrogens with one attached hydrogen (secondary N) is 1. The largest absolute Gasteiger partial charge is 0.489 e. The normalized spacial score (nSPS) is 14.0. The van der Waals surface area contributed by atoms with E-state index in [4.69, 9.17) is 10.00 Å². The van der Waals surface area contributed by atoms with Crippen LogP contribution in [0.15, 0.2) is 67.0 Å². The van der Waals surface area contributed by atoms with E-state index in [-0.39, 0.29) is 0 Å². The van der Waals surface area contributed by atoms with Crippen molar-refractivity contribution in [2.75, 3.05) is 0 Å². The van der Waals surface area contributed by atoms with Crippen LogP contribution in [0.1, 0.15) is 59.6 Å². The number of nitriles is 1. The SMILES string of the molecule is N#CNC(=O)c1cnn2c(C3CCCCC3)c(-c3ccc(OCc4ccccc4)cc3)cnc12. The fourth-order valence-electron chi connectivity index (χ4n) is 4.69. The lowest BCUT2D eigenvalue weighted by molar-refractivity contribution is 0.0974. The van der Waals surface area contributed by atoms with E-state index >= 15 is 0 Å². The molecule has 0 saturated heterocycles. The lowest BCUT2D eigenvalue weighted by Gasteiger charge is -2.25. The lowest BCUT2D eigenvalue weighted by Crippen LogP contribution is -2.18. The molecule has 2 aromatic heterocycles. The van der Waals surface area contributed by atoms with Crippen LogP contribution in [-0.2, 0) is 6.61 Å². The molecule has 7 nitrogen and oxygen atoms in total. The summed E-state index contributed by atoms with van der Waals surface area (Å²) in [4.78, 5) is 16.9. The number of carbonyl (C=O) groups excluding carboxylic acids is 1. The first-order chi connectivity index (χ1) is 16.7. The van der Waals surface area contributed by atoms with Gasteiger partial charge in [0.2, 0.25) is 0 Å². The number of nitrogens with zero attached hydrogens (tertiary/aromatic N) is 4. The molecule has 0 radical (unpaired) electrons. The maximum Gasteiger partial charge on any atom is 0.269 e. The summed E-state index contributed by atoms with van der Waals surface area (Å²) in [5.41, 5.74) is 4.99. The molecule has 7 heteroatoms. The summed E-state index contributed by atoms with van der Waals surface area (Å²) in [5.74, 6) is 0.637. The van der Waals surface area contributed by atoms with Gasteiger partial charge in [0.25, 0.3) is 5.91 Å². The Hall–Kier alpha value is -4.18. The van der Waals surface area contributed by atoms with Gasteiger partial charge in [-0.15, -0.1) is 0 Å². The topological polar surface area (TPSA) is 92.3 Å². The van der Waals surface area contributed by atoms with Crippen molar-refractivity contribution in [3.63, 3.8) is 0 Å². The van der Waals surface area contributed by atoms with Crippen LogP contribution in [0.2, 0.25) is 0 Å². The number of rotatable bonds is 6. The Bertz CT molecular complexity index is 1330. The molecule has 0 aliphatic heterocycles. The van der Waals surface area contributed by atoms with Crippen molar-refractivity contribution >= 4 is 11.6 Å². The quantitative estimate of drug-likeness (QED) is 0.320. The molecule has 1 aliphatic carbocycles. The maximum absolute atomic E-state index is 12.3. The van der Waals surface area contributed by atoms with Gasteiger partial charge in [0.1, 0.15) is 17.9 Å². The van der Waals surface area contributed by atoms with Gasteiger partial charge in [0.05, 0.1) is 11.9 Å². The molecule has 1 N–H and O–H groups in total. The Morgan fingerprint density at radius 1 is 1.06 bits per heavy atom. The average molecular weight is 452 g/mol. The smallest absolute Gasteiger partial charge is 0.269 e. The van der Waals surface area contributed by atoms with Crippen molar-refractivity contribution in [2.24, 2.45) is 0 Å². The van der Waals surface area contributed by atoms with Crippen LogP contribution in [0.25, 0.3) is 16.8 Å². The van der Waals surface area contributed by atoms with Crippen molar-refractivity contribution in [2.45, 2.75) is 44.6 Å². The van der Waals surface area contributed by atoms with E-state index < -0.39 is 5.91 Å². The Morgan fingerprint density at radius 2 is 1.82 bits per heavy atom. The number of carbonyl (C=O) groups is 1. The van der Waals surface area contributed by atoms with Crippen LogP contribution < -0.4 is 10.1 Å². The molecule has 4 aromatic rings. The highest BCUT2D eigenvalue weighted by atomic mass is 16.5. The predicted octanol–water partition coefficient (Wildman–Crippen LogP) is 5.23. The summed E-state index contributed by atoms with van der Waals surface area (Å²) < 4.78 is 7.74. The highest BCUT2D eigenvalue weighted by Gasteiger charge is 2.25. The van der Waals surface area contributed by atoms with Gasteiger partial charge in [0, 0.05) is 17.7 Å². The minimum absolute atomic E-state index is 0.301. The second-order valence-electron chi connectivity index (χ2n) is 8.55. The summed E-state index contributed by atoms with van der Waals surface area (Å²) in [6, 6.07) is 18.1. The maximum atomic E-state index is 12.3. The lowest BCUT2D eigenvalue weighted by atomic mass is 9.84. The minimum Gasteiger partial charge on any atom is -0.489 e. The monoisotopic (exact) mass is 451 g/mol. The molecule has 0 atom stereocenters. The standard InChI is InChI=1S/C27H25N5O2/c28-18-30-27(33)24-16-31-32-25(21-9-5-2-6-10-21)23(15-29-26(24)32)20-11-13-22(14-12-20)34-17-19-7-3-1-4-8-19/h1,3-4,7-8,11-16,21H,2,5-6,9-10,17H2,(H,30,33). The average Bonchev–Trinajstić information content (AvgIpc) is 3.33. The molecule has 170 valence electrons. The molecular weight excluding hydrogens is 426 g/mol. The zero-order valence-electron chi connectivity index (χ0n) is 18.8. The van der Waals surface area contributed by atoms with E-state index in [1.54, 1.807) is 10.7 Å². The number of benzene rings is 2. The number of ether oxygens (including phenoxy) is 1. The van der Waals surface area contributed by atoms with Crippen LogP contribution in [0.4, 0.5) is 0 Å². The van der Waals surface area contributed by atoms with Gasteiger partial charge in [-0.1, -0.05) is 61.7 Å². The van der Waals surface area contributed by atoms with Crippen LogP contribution in [-0.4, -0.2) is 20.5 Å². The third-order valence-electron chi connectivity index (χ3n) is 6.38. The fourth-order valence-corrected chi connectivity index (χ4v) is 4.69. The molecule has 5 rings (SSSR count). The molecule has 1 aliphatic rings. The molecule has 0 unspecified atom stereocenters. The number of amides is 1. The summed E-state index contributed by atoms with van der Waals surface area (Å²) in [6.45, 7) is 0.516. The highest BCUT2D eigenvalue weighted by molar-refractivity contribution is 6.00. The third-order valence-corrected chi connectivity index (χ3v) is 6.38. The van der Waals surface area contributed by atoms with E-state index in [9.17, 15) is 4.79 Å². The molecule has 0 spiro atoms. The number of hydrogen-bond acceptors (Lipinski definition) is 5. The van der Waals surface area contributed by atoms with Gasteiger partial charge in [-0.3, -0.25) is 10.1 Å². The van der Waals surface area contributed by atoms with E-state index in [1.807, 2.05) is 60.8 Å². The molecule has 2 aromatic carbocycles. The highest BCUT2D eigenvalue weighted by Crippen LogP contribution is 2.38. The van der Waals surface area contributed by atoms with Gasteiger partial charge in [-0.2, -0.15) is 10.4 Å². The predicted molar refractivity (Wildman–Crippen MR) is 128 cm³/mol. The summed E-state index contributed by atoms with van der Waals surface area (Å²) in [5, 5.41) is 15.5. The molecular formula is C27H25N5O2. The Labute approximate surface area is 198 Å².